The second-order valence-electron chi connectivity index (χ2n) is 3.29. The zero-order valence-electron chi connectivity index (χ0n) is 7.74. The third-order valence-corrected chi connectivity index (χ3v) is 2.62. The van der Waals surface area contributed by atoms with Gasteiger partial charge in [0, 0.05) is 11.6 Å². The molecule has 78 valence electrons. The van der Waals surface area contributed by atoms with E-state index in [0.29, 0.717) is 11.1 Å². The molecule has 14 heavy (non-hydrogen) atoms. The third-order valence-electron chi connectivity index (χ3n) is 2.41. The van der Waals surface area contributed by atoms with Gasteiger partial charge >= 0.3 is 0 Å². The van der Waals surface area contributed by atoms with E-state index in [0.717, 1.165) is 31.6 Å². The Morgan fingerprint density at radius 2 is 2.00 bits per heavy atom. The average Bonchev–Trinajstić information content (AvgIpc) is 2.19. The van der Waals surface area contributed by atoms with E-state index >= 15 is 0 Å². The summed E-state index contributed by atoms with van der Waals surface area (Å²) in [5.41, 5.74) is 1.08. The zero-order valence-corrected chi connectivity index (χ0v) is 9.31. The summed E-state index contributed by atoms with van der Waals surface area (Å²) in [6, 6.07) is 1.87. The molecule has 1 aromatic rings. The fourth-order valence-corrected chi connectivity index (χ4v) is 1.84. The van der Waals surface area contributed by atoms with E-state index in [-0.39, 0.29) is 12.4 Å². The lowest BCUT2D eigenvalue weighted by Gasteiger charge is -2.21. The maximum atomic E-state index is 5.80. The van der Waals surface area contributed by atoms with Crippen LogP contribution >= 0.6 is 24.0 Å². The van der Waals surface area contributed by atoms with Crippen molar-refractivity contribution in [2.24, 2.45) is 0 Å². The molecule has 2 rings (SSSR count). The maximum Gasteiger partial charge on any atom is 0.132 e. The largest absolute Gasteiger partial charge is 0.317 e. The van der Waals surface area contributed by atoms with Crippen molar-refractivity contribution in [3.8, 4) is 0 Å². The molecule has 1 aliphatic rings. The van der Waals surface area contributed by atoms with Crippen LogP contribution in [0.15, 0.2) is 12.4 Å². The van der Waals surface area contributed by atoms with E-state index < -0.39 is 0 Å². The van der Waals surface area contributed by atoms with Gasteiger partial charge in [0.15, 0.2) is 0 Å². The SMILES string of the molecule is Cl.Clc1cc(C2CCNCC2)ncn1. The lowest BCUT2D eigenvalue weighted by atomic mass is 9.94. The topological polar surface area (TPSA) is 37.8 Å². The maximum absolute atomic E-state index is 5.80. The molecule has 0 spiro atoms. The minimum atomic E-state index is 0. The molecule has 1 saturated heterocycles. The molecule has 0 aromatic carbocycles. The first kappa shape index (κ1) is 11.7. The first-order chi connectivity index (χ1) is 6.36. The van der Waals surface area contributed by atoms with Crippen molar-refractivity contribution in [2.75, 3.05) is 13.1 Å². The third kappa shape index (κ3) is 2.80. The van der Waals surface area contributed by atoms with E-state index in [1.165, 1.54) is 0 Å². The lowest BCUT2D eigenvalue weighted by Crippen LogP contribution is -2.27. The molecule has 0 bridgehead atoms. The molecule has 0 saturated carbocycles. The van der Waals surface area contributed by atoms with E-state index in [1.807, 2.05) is 6.07 Å². The molecule has 1 aliphatic heterocycles. The molecule has 0 atom stereocenters. The predicted octanol–water partition coefficient (Wildman–Crippen LogP) is 2.02. The van der Waals surface area contributed by atoms with Gasteiger partial charge in [0.1, 0.15) is 11.5 Å². The van der Waals surface area contributed by atoms with E-state index in [9.17, 15) is 0 Å². The number of nitrogens with zero attached hydrogens (tertiary/aromatic N) is 2. The van der Waals surface area contributed by atoms with Crippen LogP contribution in [-0.4, -0.2) is 23.1 Å². The van der Waals surface area contributed by atoms with Crippen molar-refractivity contribution in [1.82, 2.24) is 15.3 Å². The van der Waals surface area contributed by atoms with Crippen molar-refractivity contribution in [3.05, 3.63) is 23.2 Å². The summed E-state index contributed by atoms with van der Waals surface area (Å²) in [5, 5.41) is 3.87. The Balaban J connectivity index is 0.000000980. The monoisotopic (exact) mass is 233 g/mol. The van der Waals surface area contributed by atoms with Crippen molar-refractivity contribution < 1.29 is 0 Å². The fourth-order valence-electron chi connectivity index (χ4n) is 1.69. The second kappa shape index (κ2) is 5.49. The molecule has 1 aromatic heterocycles. The lowest BCUT2D eigenvalue weighted by molar-refractivity contribution is 0.453. The molecular weight excluding hydrogens is 221 g/mol. The molecular formula is C9H13Cl2N3. The van der Waals surface area contributed by atoms with Crippen molar-refractivity contribution in [1.29, 1.82) is 0 Å². The summed E-state index contributed by atoms with van der Waals surface area (Å²) >= 11 is 5.80. The van der Waals surface area contributed by atoms with Gasteiger partial charge in [-0.2, -0.15) is 0 Å². The van der Waals surface area contributed by atoms with Crippen molar-refractivity contribution in [2.45, 2.75) is 18.8 Å². The van der Waals surface area contributed by atoms with Gasteiger partial charge < -0.3 is 5.32 Å². The Morgan fingerprint density at radius 1 is 1.29 bits per heavy atom. The molecule has 0 aliphatic carbocycles. The highest BCUT2D eigenvalue weighted by Gasteiger charge is 2.16. The Morgan fingerprint density at radius 3 is 2.64 bits per heavy atom. The molecule has 0 amide bonds. The Kier molecular flexibility index (Phi) is 4.58. The smallest absolute Gasteiger partial charge is 0.132 e. The van der Waals surface area contributed by atoms with Gasteiger partial charge in [-0.1, -0.05) is 11.6 Å². The van der Waals surface area contributed by atoms with Crippen LogP contribution < -0.4 is 5.32 Å². The standard InChI is InChI=1S/C9H12ClN3.ClH/c10-9-5-8(12-6-13-9)7-1-3-11-4-2-7;/h5-7,11H,1-4H2;1H. The van der Waals surface area contributed by atoms with E-state index in [2.05, 4.69) is 15.3 Å². The quantitative estimate of drug-likeness (QED) is 0.755. The Hall–Kier alpha value is -0.380. The first-order valence-corrected chi connectivity index (χ1v) is 4.92. The zero-order chi connectivity index (χ0) is 9.10. The van der Waals surface area contributed by atoms with Gasteiger partial charge in [-0.05, 0) is 32.0 Å². The predicted molar refractivity (Wildman–Crippen MR) is 59.1 cm³/mol. The minimum absolute atomic E-state index is 0. The summed E-state index contributed by atoms with van der Waals surface area (Å²) in [4.78, 5) is 8.11. The van der Waals surface area contributed by atoms with Crippen LogP contribution in [0, 0.1) is 0 Å². The number of aromatic nitrogens is 2. The van der Waals surface area contributed by atoms with Crippen LogP contribution in [0.3, 0.4) is 0 Å². The minimum Gasteiger partial charge on any atom is -0.317 e. The van der Waals surface area contributed by atoms with Crippen molar-refractivity contribution in [3.63, 3.8) is 0 Å². The van der Waals surface area contributed by atoms with Crippen LogP contribution in [0.2, 0.25) is 5.15 Å². The molecule has 2 heterocycles. The van der Waals surface area contributed by atoms with Crippen LogP contribution in [-0.2, 0) is 0 Å². The van der Waals surface area contributed by atoms with Crippen molar-refractivity contribution >= 4 is 24.0 Å². The Bertz CT molecular complexity index is 287. The van der Waals surface area contributed by atoms with Gasteiger partial charge in [-0.3, -0.25) is 0 Å². The van der Waals surface area contributed by atoms with E-state index in [1.54, 1.807) is 6.33 Å². The molecule has 0 radical (unpaired) electrons. The molecule has 1 N–H and O–H groups in total. The Labute approximate surface area is 94.7 Å². The van der Waals surface area contributed by atoms with Crippen LogP contribution in [0.25, 0.3) is 0 Å². The highest BCUT2D eigenvalue weighted by atomic mass is 35.5. The van der Waals surface area contributed by atoms with Gasteiger partial charge in [0.2, 0.25) is 0 Å². The van der Waals surface area contributed by atoms with Crippen LogP contribution in [0.5, 0.6) is 0 Å². The van der Waals surface area contributed by atoms with Crippen LogP contribution in [0.1, 0.15) is 24.5 Å². The van der Waals surface area contributed by atoms with Gasteiger partial charge in [0.05, 0.1) is 0 Å². The molecule has 3 nitrogen and oxygen atoms in total. The average molecular weight is 234 g/mol. The number of piperidine rings is 1. The number of halogens is 2. The number of hydrogen-bond acceptors (Lipinski definition) is 3. The second-order valence-corrected chi connectivity index (χ2v) is 3.68. The highest BCUT2D eigenvalue weighted by Crippen LogP contribution is 2.23. The summed E-state index contributed by atoms with van der Waals surface area (Å²) in [7, 11) is 0. The van der Waals surface area contributed by atoms with Crippen LogP contribution in [0.4, 0.5) is 0 Å². The highest BCUT2D eigenvalue weighted by molar-refractivity contribution is 6.29. The first-order valence-electron chi connectivity index (χ1n) is 4.54. The summed E-state index contributed by atoms with van der Waals surface area (Å²) in [6.45, 7) is 2.15. The fraction of sp³-hybridized carbons (Fsp3) is 0.556. The summed E-state index contributed by atoms with van der Waals surface area (Å²) in [6.07, 6.45) is 3.83. The number of hydrogen-bond donors (Lipinski definition) is 1. The van der Waals surface area contributed by atoms with Gasteiger partial charge in [0.25, 0.3) is 0 Å². The van der Waals surface area contributed by atoms with Gasteiger partial charge in [-0.25, -0.2) is 9.97 Å². The molecule has 1 fully saturated rings. The number of rotatable bonds is 1. The molecule has 5 heteroatoms. The summed E-state index contributed by atoms with van der Waals surface area (Å²) in [5.74, 6) is 0.557. The number of nitrogens with one attached hydrogen (secondary N) is 1. The molecule has 0 unspecified atom stereocenters. The summed E-state index contributed by atoms with van der Waals surface area (Å²) < 4.78 is 0. The normalized spacial score (nSPS) is 17.5. The van der Waals surface area contributed by atoms with E-state index in [4.69, 9.17) is 11.6 Å². The van der Waals surface area contributed by atoms with Gasteiger partial charge in [-0.15, -0.1) is 12.4 Å².